The molecule has 1 fully saturated rings. The third-order valence-corrected chi connectivity index (χ3v) is 6.66. The Hall–Kier alpha value is -3.22. The molecule has 1 aliphatic rings. The molecule has 0 aliphatic carbocycles. The number of carbonyl (C=O) groups excluding carboxylic acids is 1. The molecule has 0 bridgehead atoms. The van der Waals surface area contributed by atoms with Gasteiger partial charge in [-0.25, -0.2) is 0 Å². The van der Waals surface area contributed by atoms with Crippen molar-refractivity contribution in [1.82, 2.24) is 10.2 Å². The zero-order valence-electron chi connectivity index (χ0n) is 20.5. The van der Waals surface area contributed by atoms with E-state index in [4.69, 9.17) is 21.1 Å². The van der Waals surface area contributed by atoms with Crippen molar-refractivity contribution in [3.8, 4) is 11.5 Å². The third kappa shape index (κ3) is 6.08. The molecule has 184 valence electrons. The lowest BCUT2D eigenvalue weighted by Gasteiger charge is -2.42. The van der Waals surface area contributed by atoms with Crippen LogP contribution in [0.5, 0.6) is 11.5 Å². The van der Waals surface area contributed by atoms with Gasteiger partial charge in [0.1, 0.15) is 0 Å². The number of nitrogens with zero attached hydrogens (tertiary/aromatic N) is 2. The molecule has 3 aromatic rings. The summed E-state index contributed by atoms with van der Waals surface area (Å²) in [7, 11) is 3.32. The van der Waals surface area contributed by atoms with Gasteiger partial charge in [-0.3, -0.25) is 9.69 Å². The molecule has 1 aliphatic heterocycles. The second-order valence-corrected chi connectivity index (χ2v) is 9.22. The van der Waals surface area contributed by atoms with E-state index in [2.05, 4.69) is 52.4 Å². The average Bonchev–Trinajstić information content (AvgIpc) is 2.88. The van der Waals surface area contributed by atoms with Crippen LogP contribution >= 0.6 is 11.6 Å². The van der Waals surface area contributed by atoms with E-state index in [1.807, 2.05) is 12.1 Å². The average molecular weight is 494 g/mol. The van der Waals surface area contributed by atoms with Crippen molar-refractivity contribution >= 4 is 23.2 Å². The highest BCUT2D eigenvalue weighted by Gasteiger charge is 2.25. The fourth-order valence-corrected chi connectivity index (χ4v) is 4.72. The minimum Gasteiger partial charge on any atom is -0.493 e. The summed E-state index contributed by atoms with van der Waals surface area (Å²) >= 11 is 5.94. The van der Waals surface area contributed by atoms with E-state index in [9.17, 15) is 4.79 Å². The van der Waals surface area contributed by atoms with Gasteiger partial charge in [0.05, 0.1) is 14.2 Å². The molecule has 1 atom stereocenters. The Balaban J connectivity index is 1.39. The summed E-state index contributed by atoms with van der Waals surface area (Å²) in [5.74, 6) is 1.39. The Morgan fingerprint density at radius 3 is 2.46 bits per heavy atom. The first-order chi connectivity index (χ1) is 17.0. The molecule has 0 aromatic heterocycles. The van der Waals surface area contributed by atoms with Gasteiger partial charge in [-0.05, 0) is 60.5 Å². The van der Waals surface area contributed by atoms with E-state index < -0.39 is 0 Å². The van der Waals surface area contributed by atoms with Gasteiger partial charge in [0.15, 0.2) is 11.5 Å². The van der Waals surface area contributed by atoms with Gasteiger partial charge in [-0.2, -0.15) is 0 Å². The molecule has 1 amide bonds. The number of hydrogen-bond acceptors (Lipinski definition) is 5. The number of ether oxygens (including phenoxy) is 2. The highest BCUT2D eigenvalue weighted by molar-refractivity contribution is 6.30. The number of amides is 1. The fraction of sp³-hybridized carbons (Fsp3) is 0.321. The summed E-state index contributed by atoms with van der Waals surface area (Å²) in [6, 6.07) is 21.7. The maximum absolute atomic E-state index is 12.6. The Labute approximate surface area is 212 Å². The van der Waals surface area contributed by atoms with E-state index in [1.165, 1.54) is 11.3 Å². The smallest absolute Gasteiger partial charge is 0.251 e. The van der Waals surface area contributed by atoms with Crippen molar-refractivity contribution in [1.29, 1.82) is 0 Å². The van der Waals surface area contributed by atoms with Crippen LogP contribution in [0.3, 0.4) is 0 Å². The normalized spacial score (nSPS) is 16.1. The number of rotatable bonds is 8. The van der Waals surface area contributed by atoms with Crippen LogP contribution in [0.4, 0.5) is 5.69 Å². The van der Waals surface area contributed by atoms with Crippen LogP contribution in [0.15, 0.2) is 66.7 Å². The molecule has 35 heavy (non-hydrogen) atoms. The van der Waals surface area contributed by atoms with Gasteiger partial charge >= 0.3 is 0 Å². The molecule has 7 heteroatoms. The quantitative estimate of drug-likeness (QED) is 0.478. The Morgan fingerprint density at radius 1 is 1.00 bits per heavy atom. The molecule has 0 radical (unpaired) electrons. The van der Waals surface area contributed by atoms with Crippen molar-refractivity contribution < 1.29 is 14.3 Å². The minimum absolute atomic E-state index is 0.107. The Bertz CT molecular complexity index is 1150. The minimum atomic E-state index is -0.107. The maximum atomic E-state index is 12.6. The molecule has 3 aromatic carbocycles. The van der Waals surface area contributed by atoms with Gasteiger partial charge in [0, 0.05) is 55.0 Å². The maximum Gasteiger partial charge on any atom is 0.251 e. The van der Waals surface area contributed by atoms with Crippen molar-refractivity contribution in [2.45, 2.75) is 26.1 Å². The first-order valence-electron chi connectivity index (χ1n) is 11.8. The van der Waals surface area contributed by atoms with Crippen LogP contribution < -0.4 is 19.7 Å². The summed E-state index contributed by atoms with van der Waals surface area (Å²) in [6.45, 7) is 6.39. The van der Waals surface area contributed by atoms with E-state index in [-0.39, 0.29) is 5.91 Å². The molecule has 1 unspecified atom stereocenters. The predicted octanol–water partition coefficient (Wildman–Crippen LogP) is 5.00. The molecule has 6 nitrogen and oxygen atoms in total. The van der Waals surface area contributed by atoms with Crippen LogP contribution in [-0.4, -0.2) is 50.7 Å². The summed E-state index contributed by atoms with van der Waals surface area (Å²) in [5, 5.41) is 3.67. The summed E-state index contributed by atoms with van der Waals surface area (Å²) < 4.78 is 10.8. The SMILES string of the molecule is COc1ccc(CN2CCN(c3ccccc3CNC(=O)c3ccc(Cl)cc3)C(C)C2)cc1OC. The second kappa shape index (κ2) is 11.5. The largest absolute Gasteiger partial charge is 0.493 e. The lowest BCUT2D eigenvalue weighted by atomic mass is 10.1. The highest BCUT2D eigenvalue weighted by Crippen LogP contribution is 2.29. The molecular formula is C28H32ClN3O3. The zero-order chi connectivity index (χ0) is 24.8. The number of para-hydroxylation sites is 1. The monoisotopic (exact) mass is 493 g/mol. The third-order valence-electron chi connectivity index (χ3n) is 6.41. The fourth-order valence-electron chi connectivity index (χ4n) is 4.59. The summed E-state index contributed by atoms with van der Waals surface area (Å²) in [5.41, 5.74) is 4.08. The van der Waals surface area contributed by atoms with Crippen LogP contribution in [0.1, 0.15) is 28.4 Å². The lowest BCUT2D eigenvalue weighted by molar-refractivity contribution is 0.0951. The van der Waals surface area contributed by atoms with E-state index in [1.54, 1.807) is 38.5 Å². The van der Waals surface area contributed by atoms with Gasteiger partial charge < -0.3 is 19.7 Å². The Morgan fingerprint density at radius 2 is 1.74 bits per heavy atom. The van der Waals surface area contributed by atoms with E-state index >= 15 is 0 Å². The number of anilines is 1. The van der Waals surface area contributed by atoms with E-state index in [0.29, 0.717) is 23.2 Å². The molecule has 1 saturated heterocycles. The topological polar surface area (TPSA) is 54.0 Å². The molecule has 0 spiro atoms. The van der Waals surface area contributed by atoms with Crippen LogP contribution in [0.2, 0.25) is 5.02 Å². The van der Waals surface area contributed by atoms with Crippen LogP contribution in [0.25, 0.3) is 0 Å². The standard InChI is InChI=1S/C28H32ClN3O3/c1-20-18-31(19-21-8-13-26(34-2)27(16-21)35-3)14-15-32(20)25-7-5-4-6-23(25)17-30-28(33)22-9-11-24(29)12-10-22/h4-13,16,20H,14-15,17-19H2,1-3H3,(H,30,33). The Kier molecular flexibility index (Phi) is 8.16. The number of hydrogen-bond donors (Lipinski definition) is 1. The summed E-state index contributed by atoms with van der Waals surface area (Å²) in [4.78, 5) is 17.5. The number of nitrogens with one attached hydrogen (secondary N) is 1. The van der Waals surface area contributed by atoms with Crippen LogP contribution in [0, 0.1) is 0 Å². The highest BCUT2D eigenvalue weighted by atomic mass is 35.5. The van der Waals surface area contributed by atoms with Crippen LogP contribution in [-0.2, 0) is 13.1 Å². The lowest BCUT2D eigenvalue weighted by Crippen LogP contribution is -2.52. The van der Waals surface area contributed by atoms with Crippen molar-refractivity contribution in [2.75, 3.05) is 38.8 Å². The molecule has 1 heterocycles. The summed E-state index contributed by atoms with van der Waals surface area (Å²) in [6.07, 6.45) is 0. The first-order valence-corrected chi connectivity index (χ1v) is 12.2. The van der Waals surface area contributed by atoms with Gasteiger partial charge in [0.25, 0.3) is 5.91 Å². The number of benzene rings is 3. The molecular weight excluding hydrogens is 462 g/mol. The number of methoxy groups -OCH3 is 2. The number of piperazine rings is 1. The molecule has 1 N–H and O–H groups in total. The van der Waals surface area contributed by atoms with Crippen molar-refractivity contribution in [2.24, 2.45) is 0 Å². The molecule has 0 saturated carbocycles. The van der Waals surface area contributed by atoms with Crippen molar-refractivity contribution in [3.05, 3.63) is 88.4 Å². The predicted molar refractivity (Wildman–Crippen MR) is 141 cm³/mol. The number of halogens is 1. The van der Waals surface area contributed by atoms with Gasteiger partial charge in [0.2, 0.25) is 0 Å². The van der Waals surface area contributed by atoms with Crippen molar-refractivity contribution in [3.63, 3.8) is 0 Å². The first kappa shape index (κ1) is 24.9. The zero-order valence-corrected chi connectivity index (χ0v) is 21.2. The molecule has 4 rings (SSSR count). The second-order valence-electron chi connectivity index (χ2n) is 8.79. The van der Waals surface area contributed by atoms with Gasteiger partial charge in [-0.15, -0.1) is 0 Å². The van der Waals surface area contributed by atoms with Gasteiger partial charge in [-0.1, -0.05) is 35.9 Å². The number of carbonyl (C=O) groups is 1. The van der Waals surface area contributed by atoms with E-state index in [0.717, 1.165) is 43.2 Å².